The molecule has 0 radical (unpaired) electrons. The van der Waals surface area contributed by atoms with Gasteiger partial charge in [0.15, 0.2) is 0 Å². The topological polar surface area (TPSA) is 78.4 Å². The zero-order valence-electron chi connectivity index (χ0n) is 14.7. The zero-order valence-corrected chi connectivity index (χ0v) is 15.6. The van der Waals surface area contributed by atoms with Crippen molar-refractivity contribution in [3.8, 4) is 0 Å². The summed E-state index contributed by atoms with van der Waals surface area (Å²) in [6.07, 6.45) is 3.29. The summed E-state index contributed by atoms with van der Waals surface area (Å²) < 4.78 is 0. The van der Waals surface area contributed by atoms with Gasteiger partial charge in [0.1, 0.15) is 5.01 Å². The zero-order chi connectivity index (χ0) is 17.5. The van der Waals surface area contributed by atoms with E-state index >= 15 is 0 Å². The number of nitrogens with one attached hydrogen (secondary N) is 1. The van der Waals surface area contributed by atoms with Gasteiger partial charge in [0.2, 0.25) is 11.0 Å². The molecule has 1 aromatic heterocycles. The molecule has 1 N–H and O–H groups in total. The lowest BCUT2D eigenvalue weighted by Crippen LogP contribution is -2.47. The molecule has 2 rings (SSSR count). The number of rotatable bonds is 6. The summed E-state index contributed by atoms with van der Waals surface area (Å²) in [5.41, 5.74) is 0. The molecule has 24 heavy (non-hydrogen) atoms. The molecule has 1 aliphatic rings. The molecule has 0 atom stereocenters. The maximum atomic E-state index is 12.4. The number of nitrogens with zero attached hydrogens (tertiary/aromatic N) is 4. The standard InChI is InChI=1S/C16H27N5O2S/c1-4-7-13-18-19-15(24-13)17-14(22)12-8-10-21(11-9-12)16(23)20(5-2)6-3/h12H,4-11H2,1-3H3,(H,17,19,22). The molecule has 134 valence electrons. The minimum absolute atomic E-state index is 0.0101. The maximum Gasteiger partial charge on any atom is 0.319 e. The summed E-state index contributed by atoms with van der Waals surface area (Å²) in [7, 11) is 0. The Kier molecular flexibility index (Phi) is 6.96. The molecule has 0 aromatic carbocycles. The van der Waals surface area contributed by atoms with Crippen LogP contribution in [0, 0.1) is 5.92 Å². The number of carbonyl (C=O) groups is 2. The fourth-order valence-corrected chi connectivity index (χ4v) is 3.70. The molecule has 8 heteroatoms. The largest absolute Gasteiger partial charge is 0.325 e. The van der Waals surface area contributed by atoms with Crippen LogP contribution in [0.25, 0.3) is 0 Å². The minimum Gasteiger partial charge on any atom is -0.325 e. The molecule has 0 spiro atoms. The van der Waals surface area contributed by atoms with Crippen LogP contribution >= 0.6 is 11.3 Å². The van der Waals surface area contributed by atoms with Crippen molar-refractivity contribution >= 4 is 28.4 Å². The van der Waals surface area contributed by atoms with E-state index < -0.39 is 0 Å². The minimum atomic E-state index is -0.0655. The summed E-state index contributed by atoms with van der Waals surface area (Å²) in [6, 6.07) is 0.0761. The molecule has 0 bridgehead atoms. The Balaban J connectivity index is 1.82. The Morgan fingerprint density at radius 1 is 1.21 bits per heavy atom. The third-order valence-electron chi connectivity index (χ3n) is 4.33. The molecule has 1 aliphatic heterocycles. The van der Waals surface area contributed by atoms with Crippen LogP contribution in [0.2, 0.25) is 0 Å². The summed E-state index contributed by atoms with van der Waals surface area (Å²) in [5, 5.41) is 12.5. The Morgan fingerprint density at radius 2 is 1.88 bits per heavy atom. The highest BCUT2D eigenvalue weighted by atomic mass is 32.1. The number of amides is 3. The first kappa shape index (κ1) is 18.6. The highest BCUT2D eigenvalue weighted by Gasteiger charge is 2.29. The predicted octanol–water partition coefficient (Wildman–Crippen LogP) is 2.60. The molecule has 1 fully saturated rings. The summed E-state index contributed by atoms with van der Waals surface area (Å²) in [4.78, 5) is 28.4. The van der Waals surface area contributed by atoms with E-state index in [0.29, 0.717) is 44.2 Å². The van der Waals surface area contributed by atoms with Crippen LogP contribution in [0.3, 0.4) is 0 Å². The third-order valence-corrected chi connectivity index (χ3v) is 5.23. The Hall–Kier alpha value is -1.70. The van der Waals surface area contributed by atoms with Gasteiger partial charge in [0.05, 0.1) is 0 Å². The second kappa shape index (κ2) is 8.96. The quantitative estimate of drug-likeness (QED) is 0.853. The fraction of sp³-hybridized carbons (Fsp3) is 0.750. The molecule has 1 saturated heterocycles. The van der Waals surface area contributed by atoms with Crippen LogP contribution in [-0.4, -0.2) is 58.1 Å². The summed E-state index contributed by atoms with van der Waals surface area (Å²) >= 11 is 1.44. The monoisotopic (exact) mass is 353 g/mol. The van der Waals surface area contributed by atoms with E-state index in [2.05, 4.69) is 22.4 Å². The first-order chi connectivity index (χ1) is 11.6. The number of urea groups is 1. The van der Waals surface area contributed by atoms with Crippen molar-refractivity contribution in [3.05, 3.63) is 5.01 Å². The van der Waals surface area contributed by atoms with Gasteiger partial charge in [0.25, 0.3) is 0 Å². The number of aromatic nitrogens is 2. The summed E-state index contributed by atoms with van der Waals surface area (Å²) in [5.74, 6) is -0.0755. The second-order valence-corrected chi connectivity index (χ2v) is 7.02. The second-order valence-electron chi connectivity index (χ2n) is 5.96. The number of likely N-dealkylation sites (tertiary alicyclic amines) is 1. The number of hydrogen-bond donors (Lipinski definition) is 1. The number of piperidine rings is 1. The Morgan fingerprint density at radius 3 is 2.46 bits per heavy atom. The van der Waals surface area contributed by atoms with Crippen molar-refractivity contribution in [1.82, 2.24) is 20.0 Å². The molecule has 3 amide bonds. The highest BCUT2D eigenvalue weighted by molar-refractivity contribution is 7.15. The normalized spacial score (nSPS) is 15.4. The van der Waals surface area contributed by atoms with Crippen LogP contribution in [0.5, 0.6) is 0 Å². The van der Waals surface area contributed by atoms with Gasteiger partial charge in [-0.1, -0.05) is 18.3 Å². The van der Waals surface area contributed by atoms with E-state index in [1.165, 1.54) is 11.3 Å². The van der Waals surface area contributed by atoms with E-state index in [9.17, 15) is 9.59 Å². The van der Waals surface area contributed by atoms with Gasteiger partial charge in [-0.3, -0.25) is 4.79 Å². The molecule has 0 unspecified atom stereocenters. The SMILES string of the molecule is CCCc1nnc(NC(=O)C2CCN(C(=O)N(CC)CC)CC2)s1. The molecule has 0 saturated carbocycles. The highest BCUT2D eigenvalue weighted by Crippen LogP contribution is 2.22. The molecule has 1 aromatic rings. The predicted molar refractivity (Wildman–Crippen MR) is 95.1 cm³/mol. The van der Waals surface area contributed by atoms with Gasteiger partial charge in [-0.05, 0) is 33.1 Å². The fourth-order valence-electron chi connectivity index (χ4n) is 2.85. The van der Waals surface area contributed by atoms with Crippen molar-refractivity contribution in [2.45, 2.75) is 46.5 Å². The van der Waals surface area contributed by atoms with Crippen LogP contribution < -0.4 is 5.32 Å². The molecule has 0 aliphatic carbocycles. The maximum absolute atomic E-state index is 12.4. The molecular formula is C16H27N5O2S. The molecule has 2 heterocycles. The van der Waals surface area contributed by atoms with Crippen molar-refractivity contribution in [1.29, 1.82) is 0 Å². The van der Waals surface area contributed by atoms with Crippen LogP contribution in [-0.2, 0) is 11.2 Å². The first-order valence-electron chi connectivity index (χ1n) is 8.76. The van der Waals surface area contributed by atoms with E-state index in [-0.39, 0.29) is 17.9 Å². The van der Waals surface area contributed by atoms with Crippen LogP contribution in [0.15, 0.2) is 0 Å². The Labute approximate surface area is 147 Å². The number of aryl methyl sites for hydroxylation is 1. The van der Waals surface area contributed by atoms with E-state index in [1.54, 1.807) is 0 Å². The van der Waals surface area contributed by atoms with Crippen molar-refractivity contribution < 1.29 is 9.59 Å². The van der Waals surface area contributed by atoms with Crippen LogP contribution in [0.4, 0.5) is 9.93 Å². The van der Waals surface area contributed by atoms with E-state index in [0.717, 1.165) is 17.8 Å². The van der Waals surface area contributed by atoms with Gasteiger partial charge in [-0.2, -0.15) is 0 Å². The van der Waals surface area contributed by atoms with Crippen molar-refractivity contribution in [2.75, 3.05) is 31.5 Å². The number of carbonyl (C=O) groups excluding carboxylic acids is 2. The lowest BCUT2D eigenvalue weighted by molar-refractivity contribution is -0.121. The average molecular weight is 353 g/mol. The smallest absolute Gasteiger partial charge is 0.319 e. The lowest BCUT2D eigenvalue weighted by Gasteiger charge is -2.34. The van der Waals surface area contributed by atoms with Crippen molar-refractivity contribution in [3.63, 3.8) is 0 Å². The van der Waals surface area contributed by atoms with Crippen molar-refractivity contribution in [2.24, 2.45) is 5.92 Å². The van der Waals surface area contributed by atoms with Gasteiger partial charge in [-0.15, -0.1) is 10.2 Å². The third kappa shape index (κ3) is 4.66. The Bertz CT molecular complexity index is 550. The average Bonchev–Trinajstić information content (AvgIpc) is 3.03. The number of anilines is 1. The van der Waals surface area contributed by atoms with Gasteiger partial charge in [0, 0.05) is 38.5 Å². The van der Waals surface area contributed by atoms with E-state index in [4.69, 9.17) is 0 Å². The van der Waals surface area contributed by atoms with Gasteiger partial charge >= 0.3 is 6.03 Å². The van der Waals surface area contributed by atoms with Gasteiger partial charge < -0.3 is 15.1 Å². The lowest BCUT2D eigenvalue weighted by atomic mass is 9.96. The molecule has 7 nitrogen and oxygen atoms in total. The summed E-state index contributed by atoms with van der Waals surface area (Å²) in [6.45, 7) is 8.74. The first-order valence-corrected chi connectivity index (χ1v) is 9.57. The number of hydrogen-bond acceptors (Lipinski definition) is 5. The van der Waals surface area contributed by atoms with E-state index in [1.807, 2.05) is 23.6 Å². The van der Waals surface area contributed by atoms with Gasteiger partial charge in [-0.25, -0.2) is 4.79 Å². The molecular weight excluding hydrogens is 326 g/mol. The van der Waals surface area contributed by atoms with Crippen LogP contribution in [0.1, 0.15) is 45.0 Å².